The van der Waals surface area contributed by atoms with E-state index in [2.05, 4.69) is 12.2 Å². The Balaban J connectivity index is 1.70. The summed E-state index contributed by atoms with van der Waals surface area (Å²) in [5.74, 6) is 0.00933. The molecule has 1 fully saturated rings. The largest absolute Gasteiger partial charge is 0.370 e. The first-order valence-electron chi connectivity index (χ1n) is 9.97. The molecule has 1 saturated heterocycles. The number of ketones is 1. The zero-order chi connectivity index (χ0) is 19.8. The molecule has 1 aliphatic rings. The van der Waals surface area contributed by atoms with Crippen molar-refractivity contribution >= 4 is 23.0 Å². The topological polar surface area (TPSA) is 46.6 Å². The number of benzene rings is 1. The molecule has 28 heavy (non-hydrogen) atoms. The lowest BCUT2D eigenvalue weighted by atomic mass is 10.0. The van der Waals surface area contributed by atoms with Crippen LogP contribution in [0, 0.1) is 0 Å². The van der Waals surface area contributed by atoms with Gasteiger partial charge in [-0.25, -0.2) is 0 Å². The molecule has 2 N–H and O–H groups in total. The third-order valence-electron chi connectivity index (χ3n) is 5.16. The number of carbonyl (C=O) groups is 1. The molecule has 2 aromatic rings. The fourth-order valence-corrected chi connectivity index (χ4v) is 3.74. The number of aromatic nitrogens is 1. The van der Waals surface area contributed by atoms with Gasteiger partial charge in [-0.3, -0.25) is 4.79 Å². The molecule has 2 heterocycles. The lowest BCUT2D eigenvalue weighted by Gasteiger charge is -2.24. The lowest BCUT2D eigenvalue weighted by Crippen LogP contribution is -3.14. The number of carbonyl (C=O) groups excluding carboxylic acids is 1. The third-order valence-corrected chi connectivity index (χ3v) is 5.53. The number of ether oxygens (including phenoxy) is 1. The highest BCUT2D eigenvalue weighted by Gasteiger charge is 2.33. The molecule has 1 atom stereocenters. The number of pyridine rings is 1. The number of hydrogen-bond acceptors (Lipinski definition) is 3. The summed E-state index contributed by atoms with van der Waals surface area (Å²) in [7, 11) is 0. The van der Waals surface area contributed by atoms with E-state index in [0.717, 1.165) is 45.8 Å². The van der Waals surface area contributed by atoms with Crippen molar-refractivity contribution in [2.24, 2.45) is 0 Å². The summed E-state index contributed by atoms with van der Waals surface area (Å²) in [6.45, 7) is 7.50. The second-order valence-electron chi connectivity index (χ2n) is 7.04. The van der Waals surface area contributed by atoms with Crippen LogP contribution in [0.2, 0.25) is 0 Å². The number of rotatable bonds is 8. The van der Waals surface area contributed by atoms with Crippen molar-refractivity contribution in [2.45, 2.75) is 19.4 Å². The second-order valence-corrected chi connectivity index (χ2v) is 7.48. The first-order chi connectivity index (χ1) is 13.7. The summed E-state index contributed by atoms with van der Waals surface area (Å²) in [6, 6.07) is 13.1. The summed E-state index contributed by atoms with van der Waals surface area (Å²) in [5.41, 5.74) is 1.90. The van der Waals surface area contributed by atoms with Crippen LogP contribution in [-0.4, -0.2) is 50.2 Å². The van der Waals surface area contributed by atoms with Crippen LogP contribution < -0.4 is 14.8 Å². The maximum Gasteiger partial charge on any atom is 0.270 e. The first-order valence-corrected chi connectivity index (χ1v) is 10.4. The number of hydrogen-bond donors (Lipinski definition) is 2. The smallest absolute Gasteiger partial charge is 0.270 e. The molecule has 5 nitrogen and oxygen atoms in total. The molecule has 0 unspecified atom stereocenters. The predicted octanol–water partition coefficient (Wildman–Crippen LogP) is 0.793. The summed E-state index contributed by atoms with van der Waals surface area (Å²) < 4.78 is 7.29. The molecule has 1 aromatic heterocycles. The van der Waals surface area contributed by atoms with E-state index in [1.165, 1.54) is 10.5 Å². The van der Waals surface area contributed by atoms with Gasteiger partial charge in [-0.15, -0.1) is 0 Å². The maximum atomic E-state index is 13.3. The van der Waals surface area contributed by atoms with Gasteiger partial charge in [0.15, 0.2) is 17.4 Å². The van der Waals surface area contributed by atoms with Crippen LogP contribution in [0.4, 0.5) is 0 Å². The Labute approximate surface area is 172 Å². The normalized spacial score (nSPS) is 15.8. The molecule has 148 valence electrons. The van der Waals surface area contributed by atoms with Gasteiger partial charge in [-0.2, -0.15) is 4.57 Å². The van der Waals surface area contributed by atoms with E-state index in [-0.39, 0.29) is 5.78 Å². The highest BCUT2D eigenvalue weighted by Crippen LogP contribution is 2.13. The summed E-state index contributed by atoms with van der Waals surface area (Å²) >= 11 is 5.66. The fourth-order valence-electron chi connectivity index (χ4n) is 3.41. The van der Waals surface area contributed by atoms with Crippen LogP contribution in [0.5, 0.6) is 0 Å². The van der Waals surface area contributed by atoms with E-state index >= 15 is 0 Å². The number of nitrogens with zero attached hydrogens (tertiary/aromatic N) is 1. The maximum absolute atomic E-state index is 13.3. The molecular weight excluding hydrogens is 370 g/mol. The van der Waals surface area contributed by atoms with Crippen LogP contribution in [0.25, 0.3) is 0 Å². The van der Waals surface area contributed by atoms with Crippen LogP contribution in [-0.2, 0) is 11.2 Å². The van der Waals surface area contributed by atoms with Crippen molar-refractivity contribution in [2.75, 3.05) is 39.4 Å². The molecule has 3 rings (SSSR count). The third kappa shape index (κ3) is 5.44. The van der Waals surface area contributed by atoms with Crippen molar-refractivity contribution in [3.05, 3.63) is 66.0 Å². The average molecular weight is 400 g/mol. The van der Waals surface area contributed by atoms with E-state index in [1.807, 2.05) is 59.4 Å². The Morgan fingerprint density at radius 3 is 2.50 bits per heavy atom. The Bertz CT molecular complexity index is 774. The molecule has 0 aliphatic carbocycles. The second kappa shape index (κ2) is 10.4. The zero-order valence-corrected chi connectivity index (χ0v) is 17.2. The van der Waals surface area contributed by atoms with E-state index in [1.54, 1.807) is 0 Å². The molecule has 0 saturated carbocycles. The monoisotopic (exact) mass is 399 g/mol. The van der Waals surface area contributed by atoms with E-state index in [4.69, 9.17) is 17.0 Å². The number of quaternary nitrogens is 1. The molecule has 6 heteroatoms. The van der Waals surface area contributed by atoms with Crippen LogP contribution in [0.1, 0.15) is 28.9 Å². The van der Waals surface area contributed by atoms with Crippen molar-refractivity contribution < 1.29 is 19.0 Å². The average Bonchev–Trinajstić information content (AvgIpc) is 2.75. The van der Waals surface area contributed by atoms with E-state index in [0.29, 0.717) is 10.6 Å². The Kier molecular flexibility index (Phi) is 7.65. The SMILES string of the molecule is CCc1ccc(C(=O)[C@H](C(=S)NCC[NH+]2CCOCC2)[n+]2ccccc2)cc1. The van der Waals surface area contributed by atoms with Crippen LogP contribution in [0.3, 0.4) is 0 Å². The minimum atomic E-state index is -0.539. The lowest BCUT2D eigenvalue weighted by molar-refractivity contribution is -0.906. The molecule has 0 amide bonds. The van der Waals surface area contributed by atoms with E-state index < -0.39 is 6.04 Å². The molecule has 1 aromatic carbocycles. The predicted molar refractivity (Wildman–Crippen MR) is 113 cm³/mol. The molecule has 0 spiro atoms. The highest BCUT2D eigenvalue weighted by molar-refractivity contribution is 7.80. The van der Waals surface area contributed by atoms with Gasteiger partial charge in [0.1, 0.15) is 13.1 Å². The summed E-state index contributed by atoms with van der Waals surface area (Å²) in [4.78, 5) is 15.4. The van der Waals surface area contributed by atoms with Crippen LogP contribution >= 0.6 is 12.2 Å². The van der Waals surface area contributed by atoms with Gasteiger partial charge >= 0.3 is 0 Å². The van der Waals surface area contributed by atoms with Crippen molar-refractivity contribution in [1.82, 2.24) is 5.32 Å². The van der Waals surface area contributed by atoms with Gasteiger partial charge in [0.05, 0.1) is 26.3 Å². The van der Waals surface area contributed by atoms with Gasteiger partial charge in [-0.05, 0) is 12.0 Å². The van der Waals surface area contributed by atoms with Gasteiger partial charge in [0.25, 0.3) is 6.04 Å². The summed E-state index contributed by atoms with van der Waals surface area (Å²) in [5, 5.41) is 3.33. The van der Waals surface area contributed by atoms with Gasteiger partial charge < -0.3 is 15.0 Å². The quantitative estimate of drug-likeness (QED) is 0.392. The number of Topliss-reactive ketones (excluding diaryl/α,β-unsaturated/α-hetero) is 1. The number of nitrogens with one attached hydrogen (secondary N) is 2. The molecule has 1 aliphatic heterocycles. The van der Waals surface area contributed by atoms with Crippen molar-refractivity contribution in [1.29, 1.82) is 0 Å². The molecule has 0 radical (unpaired) electrons. The number of aryl methyl sites for hydroxylation is 1. The Morgan fingerprint density at radius 1 is 1.18 bits per heavy atom. The standard InChI is InChI=1S/C22H27N3O2S/c1-2-18-6-8-19(9-7-18)21(26)20(25-11-4-3-5-12-25)22(28)23-10-13-24-14-16-27-17-15-24/h3-9,11-12,20H,2,10,13-17H2,1H3/p+2/t20-/m1/s1. The fraction of sp³-hybridized carbons (Fsp3) is 0.409. The van der Waals surface area contributed by atoms with Crippen molar-refractivity contribution in [3.63, 3.8) is 0 Å². The highest BCUT2D eigenvalue weighted by atomic mass is 32.1. The van der Waals surface area contributed by atoms with Gasteiger partial charge in [-0.1, -0.05) is 49.5 Å². The Morgan fingerprint density at radius 2 is 1.86 bits per heavy atom. The zero-order valence-electron chi connectivity index (χ0n) is 16.4. The van der Waals surface area contributed by atoms with Gasteiger partial charge in [0.2, 0.25) is 5.78 Å². The minimum absolute atomic E-state index is 0.00933. The van der Waals surface area contributed by atoms with Gasteiger partial charge in [0, 0.05) is 17.7 Å². The Hall–Kier alpha value is -2.15. The van der Waals surface area contributed by atoms with Crippen molar-refractivity contribution in [3.8, 4) is 0 Å². The summed E-state index contributed by atoms with van der Waals surface area (Å²) in [6.07, 6.45) is 4.74. The number of thiocarbonyl (C=S) groups is 1. The first kappa shape index (κ1) is 20.6. The van der Waals surface area contributed by atoms with E-state index in [9.17, 15) is 4.79 Å². The van der Waals surface area contributed by atoms with Crippen LogP contribution in [0.15, 0.2) is 54.9 Å². The minimum Gasteiger partial charge on any atom is -0.370 e. The number of morpholine rings is 1. The molecular formula is C22H29N3O2S+2. The molecule has 0 bridgehead atoms.